The first-order valence-electron chi connectivity index (χ1n) is 6.52. The Labute approximate surface area is 110 Å². The van der Waals surface area contributed by atoms with E-state index in [1.807, 2.05) is 6.92 Å². The summed E-state index contributed by atoms with van der Waals surface area (Å²) in [5.41, 5.74) is 0.619. The van der Waals surface area contributed by atoms with E-state index in [1.165, 1.54) is 6.42 Å². The minimum atomic E-state index is -0.0928. The third-order valence-electron chi connectivity index (χ3n) is 3.58. The van der Waals surface area contributed by atoms with Gasteiger partial charge in [-0.1, -0.05) is 34.6 Å². The molecule has 0 heterocycles. The van der Waals surface area contributed by atoms with Crippen LogP contribution in [0.1, 0.15) is 53.9 Å². The van der Waals surface area contributed by atoms with Crippen molar-refractivity contribution >= 4 is 17.5 Å². The number of hydrogen-bond donors (Lipinski definition) is 1. The number of alkyl halides is 1. The molecule has 1 fully saturated rings. The van der Waals surface area contributed by atoms with E-state index in [4.69, 9.17) is 11.6 Å². The Kier molecular flexibility index (Phi) is 4.51. The van der Waals surface area contributed by atoms with E-state index < -0.39 is 0 Å². The van der Waals surface area contributed by atoms with Crippen LogP contribution in [0.5, 0.6) is 0 Å². The second-order valence-corrected chi connectivity index (χ2v) is 7.48. The Hall–Kier alpha value is -0.240. The van der Waals surface area contributed by atoms with Crippen LogP contribution >= 0.6 is 11.6 Å². The number of hydrogen-bond acceptors (Lipinski definition) is 1. The maximum Gasteiger partial charge on any atom is 0.224 e. The summed E-state index contributed by atoms with van der Waals surface area (Å²) in [4.78, 5) is 11.9. The molecule has 0 saturated heterocycles. The van der Waals surface area contributed by atoms with Crippen LogP contribution in [-0.2, 0) is 4.79 Å². The molecule has 0 spiro atoms. The first kappa shape index (κ1) is 14.8. The highest BCUT2D eigenvalue weighted by Crippen LogP contribution is 2.45. The summed E-state index contributed by atoms with van der Waals surface area (Å²) in [6.07, 6.45) is 3.35. The highest BCUT2D eigenvalue weighted by molar-refractivity contribution is 6.19. The number of carbonyl (C=O) groups excluding carboxylic acids is 1. The fourth-order valence-corrected chi connectivity index (χ4v) is 3.50. The largest absolute Gasteiger partial charge is 0.353 e. The van der Waals surface area contributed by atoms with Crippen LogP contribution in [0.25, 0.3) is 0 Å². The summed E-state index contributed by atoms with van der Waals surface area (Å²) in [5, 5.41) is 3.16. The Bertz CT molecular complexity index is 270. The lowest BCUT2D eigenvalue weighted by atomic mass is 9.63. The van der Waals surface area contributed by atoms with Crippen molar-refractivity contribution < 1.29 is 4.79 Å². The highest BCUT2D eigenvalue weighted by Gasteiger charge is 2.39. The van der Waals surface area contributed by atoms with Crippen LogP contribution in [0.2, 0.25) is 0 Å². The number of halogens is 1. The monoisotopic (exact) mass is 259 g/mol. The minimum absolute atomic E-state index is 0.0928. The van der Waals surface area contributed by atoms with Crippen molar-refractivity contribution in [2.45, 2.75) is 59.9 Å². The molecule has 0 aromatic rings. The fourth-order valence-electron chi connectivity index (χ4n) is 3.36. The maximum absolute atomic E-state index is 11.9. The van der Waals surface area contributed by atoms with E-state index >= 15 is 0 Å². The summed E-state index contributed by atoms with van der Waals surface area (Å²) < 4.78 is 0. The summed E-state index contributed by atoms with van der Waals surface area (Å²) in [5.74, 6) is 0.397. The van der Waals surface area contributed by atoms with Crippen LogP contribution in [0.3, 0.4) is 0 Å². The molecule has 0 aliphatic heterocycles. The van der Waals surface area contributed by atoms with Gasteiger partial charge in [0.25, 0.3) is 0 Å². The fraction of sp³-hybridized carbons (Fsp3) is 0.929. The van der Waals surface area contributed by atoms with Gasteiger partial charge in [-0.15, -0.1) is 11.6 Å². The molecule has 0 aromatic carbocycles. The predicted molar refractivity (Wildman–Crippen MR) is 73.2 cm³/mol. The van der Waals surface area contributed by atoms with Gasteiger partial charge in [0, 0.05) is 17.8 Å². The van der Waals surface area contributed by atoms with Gasteiger partial charge in [-0.3, -0.25) is 4.79 Å². The molecule has 1 atom stereocenters. The van der Waals surface area contributed by atoms with Crippen molar-refractivity contribution in [1.82, 2.24) is 5.32 Å². The zero-order chi connectivity index (χ0) is 13.3. The van der Waals surface area contributed by atoms with E-state index in [9.17, 15) is 4.79 Å². The molecule has 100 valence electrons. The predicted octanol–water partition coefficient (Wildman–Crippen LogP) is 3.58. The number of amides is 1. The summed E-state index contributed by atoms with van der Waals surface area (Å²) in [6, 6.07) is 0.298. The van der Waals surface area contributed by atoms with Gasteiger partial charge in [0.15, 0.2) is 0 Å². The molecule has 0 radical (unpaired) electrons. The molecule has 1 N–H and O–H groups in total. The molecule has 3 heteroatoms. The molecule has 1 aliphatic rings. The normalized spacial score (nSPS) is 25.3. The standard InChI is InChI=1S/C14H26ClNO/c1-10(8-15)12(17)16-11-6-13(2,3)9-14(4,5)7-11/h10-11H,6-9H2,1-5H3,(H,16,17). The van der Waals surface area contributed by atoms with E-state index in [-0.39, 0.29) is 11.8 Å². The molecule has 1 rings (SSSR count). The average molecular weight is 260 g/mol. The Balaban J connectivity index is 2.63. The van der Waals surface area contributed by atoms with Crippen molar-refractivity contribution in [3.63, 3.8) is 0 Å². The molecule has 0 bridgehead atoms. The lowest BCUT2D eigenvalue weighted by Gasteiger charge is -2.45. The molecular formula is C14H26ClNO. The quantitative estimate of drug-likeness (QED) is 0.772. The third kappa shape index (κ3) is 4.50. The summed E-state index contributed by atoms with van der Waals surface area (Å²) in [6.45, 7) is 11.0. The lowest BCUT2D eigenvalue weighted by Crippen LogP contribution is -2.47. The zero-order valence-corrected chi connectivity index (χ0v) is 12.5. The molecule has 1 aliphatic carbocycles. The summed E-state index contributed by atoms with van der Waals surface area (Å²) >= 11 is 5.72. The smallest absolute Gasteiger partial charge is 0.224 e. The Morgan fingerprint density at radius 1 is 1.29 bits per heavy atom. The molecule has 1 unspecified atom stereocenters. The summed E-state index contributed by atoms with van der Waals surface area (Å²) in [7, 11) is 0. The average Bonchev–Trinajstić information content (AvgIpc) is 2.11. The second kappa shape index (κ2) is 5.17. The van der Waals surface area contributed by atoms with Gasteiger partial charge in [0.2, 0.25) is 5.91 Å². The number of nitrogens with one attached hydrogen (secondary N) is 1. The van der Waals surface area contributed by atoms with Gasteiger partial charge in [0.1, 0.15) is 0 Å². The van der Waals surface area contributed by atoms with E-state index in [0.717, 1.165) is 12.8 Å². The van der Waals surface area contributed by atoms with Gasteiger partial charge in [-0.05, 0) is 30.1 Å². The van der Waals surface area contributed by atoms with Gasteiger partial charge in [-0.2, -0.15) is 0 Å². The minimum Gasteiger partial charge on any atom is -0.353 e. The van der Waals surface area contributed by atoms with Crippen LogP contribution in [0, 0.1) is 16.7 Å². The maximum atomic E-state index is 11.9. The van der Waals surface area contributed by atoms with Crippen LogP contribution in [0.15, 0.2) is 0 Å². The van der Waals surface area contributed by atoms with E-state index in [2.05, 4.69) is 33.0 Å². The molecular weight excluding hydrogens is 234 g/mol. The van der Waals surface area contributed by atoms with Crippen LogP contribution < -0.4 is 5.32 Å². The highest BCUT2D eigenvalue weighted by atomic mass is 35.5. The number of carbonyl (C=O) groups is 1. The van der Waals surface area contributed by atoms with Crippen molar-refractivity contribution in [1.29, 1.82) is 0 Å². The van der Waals surface area contributed by atoms with Crippen LogP contribution in [0.4, 0.5) is 0 Å². The molecule has 1 amide bonds. The Morgan fingerprint density at radius 3 is 2.18 bits per heavy atom. The van der Waals surface area contributed by atoms with Crippen molar-refractivity contribution in [3.8, 4) is 0 Å². The van der Waals surface area contributed by atoms with E-state index in [1.54, 1.807) is 0 Å². The topological polar surface area (TPSA) is 29.1 Å². The van der Waals surface area contributed by atoms with Gasteiger partial charge in [-0.25, -0.2) is 0 Å². The van der Waals surface area contributed by atoms with Crippen molar-refractivity contribution in [2.24, 2.45) is 16.7 Å². The molecule has 1 saturated carbocycles. The van der Waals surface area contributed by atoms with Crippen LogP contribution in [-0.4, -0.2) is 17.8 Å². The Morgan fingerprint density at radius 2 is 1.76 bits per heavy atom. The van der Waals surface area contributed by atoms with Gasteiger partial charge >= 0.3 is 0 Å². The second-order valence-electron chi connectivity index (χ2n) is 7.17. The zero-order valence-electron chi connectivity index (χ0n) is 11.8. The SMILES string of the molecule is CC(CCl)C(=O)NC1CC(C)(C)CC(C)(C)C1. The molecule has 17 heavy (non-hydrogen) atoms. The number of rotatable bonds is 3. The van der Waals surface area contributed by atoms with E-state index in [0.29, 0.717) is 22.8 Å². The molecule has 2 nitrogen and oxygen atoms in total. The first-order chi connectivity index (χ1) is 7.65. The molecule has 0 aromatic heterocycles. The lowest BCUT2D eigenvalue weighted by molar-refractivity contribution is -0.125. The van der Waals surface area contributed by atoms with Crippen molar-refractivity contribution in [2.75, 3.05) is 5.88 Å². The van der Waals surface area contributed by atoms with Crippen molar-refractivity contribution in [3.05, 3.63) is 0 Å². The first-order valence-corrected chi connectivity index (χ1v) is 7.05. The van der Waals surface area contributed by atoms with Gasteiger partial charge in [0.05, 0.1) is 0 Å². The van der Waals surface area contributed by atoms with Gasteiger partial charge < -0.3 is 5.32 Å². The third-order valence-corrected chi connectivity index (χ3v) is 4.04.